The summed E-state index contributed by atoms with van der Waals surface area (Å²) in [5, 5.41) is 6.49. The highest BCUT2D eigenvalue weighted by molar-refractivity contribution is 7.89. The number of rotatable bonds is 5. The first kappa shape index (κ1) is 18.4. The standard InChI is InChI=1S/C17H21N3O5S/c1-11-16(12(2)25-19-11)26(22,23)20-9-5-8-15(20)17(21)18-13-6-4-7-14(10-13)24-3/h4,6-7,10,15H,5,8-9H2,1-3H3,(H,18,21). The fourth-order valence-corrected chi connectivity index (χ4v) is 5.13. The number of carbonyl (C=O) groups excluding carboxylic acids is 1. The predicted octanol–water partition coefficient (Wildman–Crippen LogP) is 2.09. The van der Waals surface area contributed by atoms with Crippen molar-refractivity contribution in [1.82, 2.24) is 9.46 Å². The van der Waals surface area contributed by atoms with Gasteiger partial charge in [-0.3, -0.25) is 4.79 Å². The van der Waals surface area contributed by atoms with E-state index < -0.39 is 16.1 Å². The molecule has 0 bridgehead atoms. The fourth-order valence-electron chi connectivity index (χ4n) is 3.18. The van der Waals surface area contributed by atoms with Gasteiger partial charge in [0, 0.05) is 18.3 Å². The highest BCUT2D eigenvalue weighted by atomic mass is 32.2. The molecule has 1 aromatic carbocycles. The number of hydrogen-bond donors (Lipinski definition) is 1. The summed E-state index contributed by atoms with van der Waals surface area (Å²) in [7, 11) is -2.33. The van der Waals surface area contributed by atoms with Gasteiger partial charge in [-0.1, -0.05) is 11.2 Å². The summed E-state index contributed by atoms with van der Waals surface area (Å²) in [5.74, 6) is 0.460. The zero-order chi connectivity index (χ0) is 18.9. The SMILES string of the molecule is COc1cccc(NC(=O)C2CCCN2S(=O)(=O)c2c(C)noc2C)c1. The lowest BCUT2D eigenvalue weighted by molar-refractivity contribution is -0.119. The van der Waals surface area contributed by atoms with Crippen LogP contribution in [0.5, 0.6) is 5.75 Å². The molecule has 1 atom stereocenters. The molecule has 0 aliphatic carbocycles. The number of ether oxygens (including phenoxy) is 1. The smallest absolute Gasteiger partial charge is 0.249 e. The fraction of sp³-hybridized carbons (Fsp3) is 0.412. The van der Waals surface area contributed by atoms with E-state index >= 15 is 0 Å². The zero-order valence-corrected chi connectivity index (χ0v) is 15.7. The summed E-state index contributed by atoms with van der Waals surface area (Å²) in [6.45, 7) is 3.40. The first-order chi connectivity index (χ1) is 12.3. The molecule has 1 aliphatic heterocycles. The van der Waals surface area contributed by atoms with Gasteiger partial charge in [0.05, 0.1) is 7.11 Å². The molecule has 2 heterocycles. The van der Waals surface area contributed by atoms with Gasteiger partial charge in [0.1, 0.15) is 22.4 Å². The number of benzene rings is 1. The summed E-state index contributed by atoms with van der Waals surface area (Å²) in [4.78, 5) is 12.8. The molecule has 26 heavy (non-hydrogen) atoms. The Kier molecular flexibility index (Phi) is 5.01. The molecule has 1 amide bonds. The van der Waals surface area contributed by atoms with Gasteiger partial charge in [-0.05, 0) is 38.8 Å². The van der Waals surface area contributed by atoms with Crippen LogP contribution in [0, 0.1) is 13.8 Å². The largest absolute Gasteiger partial charge is 0.497 e. The second kappa shape index (κ2) is 7.08. The Morgan fingerprint density at radius 2 is 2.15 bits per heavy atom. The van der Waals surface area contributed by atoms with Gasteiger partial charge in [0.2, 0.25) is 15.9 Å². The van der Waals surface area contributed by atoms with Crippen LogP contribution in [0.15, 0.2) is 33.7 Å². The summed E-state index contributed by atoms with van der Waals surface area (Å²) in [5.41, 5.74) is 0.845. The van der Waals surface area contributed by atoms with Crippen molar-refractivity contribution < 1.29 is 22.5 Å². The summed E-state index contributed by atoms with van der Waals surface area (Å²) in [6.07, 6.45) is 1.07. The van der Waals surface area contributed by atoms with E-state index in [4.69, 9.17) is 9.26 Å². The summed E-state index contributed by atoms with van der Waals surface area (Å²) < 4.78 is 37.4. The van der Waals surface area contributed by atoms with E-state index in [1.54, 1.807) is 38.1 Å². The van der Waals surface area contributed by atoms with E-state index in [1.165, 1.54) is 11.4 Å². The normalized spacial score (nSPS) is 18.0. The number of hydrogen-bond acceptors (Lipinski definition) is 6. The van der Waals surface area contributed by atoms with Gasteiger partial charge >= 0.3 is 0 Å². The Balaban J connectivity index is 1.84. The Morgan fingerprint density at radius 3 is 2.81 bits per heavy atom. The van der Waals surface area contributed by atoms with Crippen LogP contribution < -0.4 is 10.1 Å². The molecule has 0 radical (unpaired) electrons. The van der Waals surface area contributed by atoms with Crippen LogP contribution in [0.4, 0.5) is 5.69 Å². The third-order valence-electron chi connectivity index (χ3n) is 4.38. The van der Waals surface area contributed by atoms with Crippen molar-refractivity contribution in [1.29, 1.82) is 0 Å². The number of nitrogens with zero attached hydrogens (tertiary/aromatic N) is 2. The molecule has 1 aliphatic rings. The number of amides is 1. The Hall–Kier alpha value is -2.39. The van der Waals surface area contributed by atoms with E-state index in [2.05, 4.69) is 10.5 Å². The third kappa shape index (κ3) is 3.32. The Morgan fingerprint density at radius 1 is 1.38 bits per heavy atom. The van der Waals surface area contributed by atoms with Crippen molar-refractivity contribution in [2.24, 2.45) is 0 Å². The number of aromatic nitrogens is 1. The number of methoxy groups -OCH3 is 1. The van der Waals surface area contributed by atoms with Crippen molar-refractivity contribution in [3.05, 3.63) is 35.7 Å². The van der Waals surface area contributed by atoms with Gasteiger partial charge in [-0.25, -0.2) is 8.42 Å². The van der Waals surface area contributed by atoms with Crippen LogP contribution in [0.1, 0.15) is 24.3 Å². The van der Waals surface area contributed by atoms with Crippen LogP contribution in [0.25, 0.3) is 0 Å². The number of aryl methyl sites for hydroxylation is 2. The topological polar surface area (TPSA) is 102 Å². The van der Waals surface area contributed by atoms with Crippen LogP contribution in [0.3, 0.4) is 0 Å². The van der Waals surface area contributed by atoms with Gasteiger partial charge in [0.25, 0.3) is 0 Å². The van der Waals surface area contributed by atoms with Gasteiger partial charge in [-0.15, -0.1) is 0 Å². The lowest BCUT2D eigenvalue weighted by Gasteiger charge is -2.23. The average Bonchev–Trinajstić information content (AvgIpc) is 3.22. The van der Waals surface area contributed by atoms with Gasteiger partial charge in [-0.2, -0.15) is 4.31 Å². The van der Waals surface area contributed by atoms with Gasteiger partial charge in [0.15, 0.2) is 5.76 Å². The predicted molar refractivity (Wildman–Crippen MR) is 94.5 cm³/mol. The second-order valence-electron chi connectivity index (χ2n) is 6.15. The second-order valence-corrected chi connectivity index (χ2v) is 7.98. The minimum Gasteiger partial charge on any atom is -0.497 e. The minimum absolute atomic E-state index is 0.0404. The van der Waals surface area contributed by atoms with Gasteiger partial charge < -0.3 is 14.6 Å². The molecule has 1 saturated heterocycles. The highest BCUT2D eigenvalue weighted by Gasteiger charge is 2.41. The number of sulfonamides is 1. The molecule has 3 rings (SSSR count). The van der Waals surface area contributed by atoms with Crippen molar-refractivity contribution in [2.75, 3.05) is 19.0 Å². The van der Waals surface area contributed by atoms with Crippen molar-refractivity contribution in [2.45, 2.75) is 37.6 Å². The molecule has 0 saturated carbocycles. The van der Waals surface area contributed by atoms with Crippen LogP contribution >= 0.6 is 0 Å². The van der Waals surface area contributed by atoms with E-state index in [9.17, 15) is 13.2 Å². The lowest BCUT2D eigenvalue weighted by Crippen LogP contribution is -2.43. The maximum atomic E-state index is 13.0. The first-order valence-electron chi connectivity index (χ1n) is 8.24. The van der Waals surface area contributed by atoms with Crippen molar-refractivity contribution >= 4 is 21.6 Å². The molecule has 0 spiro atoms. The van der Waals surface area contributed by atoms with E-state index in [-0.39, 0.29) is 23.1 Å². The molecular formula is C17H21N3O5S. The van der Waals surface area contributed by atoms with E-state index in [0.29, 0.717) is 30.0 Å². The van der Waals surface area contributed by atoms with E-state index in [0.717, 1.165) is 0 Å². The maximum Gasteiger partial charge on any atom is 0.249 e. The number of nitrogens with one attached hydrogen (secondary N) is 1. The minimum atomic E-state index is -3.86. The third-order valence-corrected chi connectivity index (χ3v) is 6.53. The first-order valence-corrected chi connectivity index (χ1v) is 9.68. The Labute approximate surface area is 152 Å². The monoisotopic (exact) mass is 379 g/mol. The molecule has 1 aromatic heterocycles. The molecule has 1 unspecified atom stereocenters. The van der Waals surface area contributed by atoms with Crippen LogP contribution in [0.2, 0.25) is 0 Å². The molecule has 1 fully saturated rings. The highest BCUT2D eigenvalue weighted by Crippen LogP contribution is 2.30. The quantitative estimate of drug-likeness (QED) is 0.853. The molecule has 9 heteroatoms. The van der Waals surface area contributed by atoms with Crippen molar-refractivity contribution in [3.63, 3.8) is 0 Å². The average molecular weight is 379 g/mol. The Bertz CT molecular complexity index is 903. The molecule has 8 nitrogen and oxygen atoms in total. The summed E-state index contributed by atoms with van der Waals surface area (Å²) in [6, 6.07) is 6.14. The van der Waals surface area contributed by atoms with Crippen molar-refractivity contribution in [3.8, 4) is 5.75 Å². The number of carbonyl (C=O) groups is 1. The molecule has 1 N–H and O–H groups in total. The summed E-state index contributed by atoms with van der Waals surface area (Å²) >= 11 is 0. The molecule has 140 valence electrons. The van der Waals surface area contributed by atoms with E-state index in [1.807, 2.05) is 0 Å². The number of anilines is 1. The lowest BCUT2D eigenvalue weighted by atomic mass is 10.2. The maximum absolute atomic E-state index is 13.0. The molecular weight excluding hydrogens is 358 g/mol. The zero-order valence-electron chi connectivity index (χ0n) is 14.9. The van der Waals surface area contributed by atoms with Crippen LogP contribution in [-0.4, -0.2) is 43.5 Å². The molecule has 2 aromatic rings. The van der Waals surface area contributed by atoms with Crippen LogP contribution in [-0.2, 0) is 14.8 Å².